The summed E-state index contributed by atoms with van der Waals surface area (Å²) in [5, 5.41) is 21.7. The van der Waals surface area contributed by atoms with Crippen molar-refractivity contribution in [3.8, 4) is 5.75 Å². The van der Waals surface area contributed by atoms with Crippen LogP contribution in [0.4, 0.5) is 5.69 Å². The summed E-state index contributed by atoms with van der Waals surface area (Å²) in [4.78, 5) is 27.5. The Hall–Kier alpha value is -3.69. The summed E-state index contributed by atoms with van der Waals surface area (Å²) in [6.45, 7) is 6.62. The molecule has 2 atom stereocenters. The summed E-state index contributed by atoms with van der Waals surface area (Å²) < 4.78 is 7.55. The van der Waals surface area contributed by atoms with Gasteiger partial charge in [-0.05, 0) is 44.4 Å². The van der Waals surface area contributed by atoms with Crippen molar-refractivity contribution in [3.05, 3.63) is 77.6 Å². The minimum atomic E-state index is -0.838. The molecule has 0 aliphatic carbocycles. The molecule has 4 rings (SSSR count). The molecule has 1 aliphatic rings. The van der Waals surface area contributed by atoms with Crippen LogP contribution in [-0.2, 0) is 24.3 Å². The van der Waals surface area contributed by atoms with Gasteiger partial charge in [-0.2, -0.15) is 5.10 Å². The highest BCUT2D eigenvalue weighted by Crippen LogP contribution is 2.28. The summed E-state index contributed by atoms with van der Waals surface area (Å²) >= 11 is 0. The second-order valence-electron chi connectivity index (χ2n) is 9.47. The lowest BCUT2D eigenvalue weighted by Gasteiger charge is -2.25. The standard InChI is InChI=1S/C29H37N5O4/c1-3-33-20-22(18-31-33)17-30-19-27(35)26(13-21-9-6-5-7-10-21)32-29(37)23-14-24(16-25(15-23)38-4-2)34-12-8-11-28(34)36/h5-7,9-10,14-16,18,20,26-27,30,35H,3-4,8,11-13,17,19H2,1-2H3,(H,32,37)/t26-,27+/m0/s1. The third kappa shape index (κ3) is 7.20. The number of ether oxygens (including phenoxy) is 1. The number of aryl methyl sites for hydroxylation is 1. The fourth-order valence-electron chi connectivity index (χ4n) is 4.62. The fraction of sp³-hybridized carbons (Fsp3) is 0.414. The van der Waals surface area contributed by atoms with Crippen molar-refractivity contribution in [3.63, 3.8) is 0 Å². The largest absolute Gasteiger partial charge is 0.494 e. The van der Waals surface area contributed by atoms with Crippen molar-refractivity contribution in [2.75, 3.05) is 24.6 Å². The van der Waals surface area contributed by atoms with Crippen molar-refractivity contribution >= 4 is 17.5 Å². The van der Waals surface area contributed by atoms with Gasteiger partial charge in [0.2, 0.25) is 5.91 Å². The molecule has 0 radical (unpaired) electrons. The minimum absolute atomic E-state index is 0.0398. The van der Waals surface area contributed by atoms with Crippen LogP contribution in [0.1, 0.15) is 48.2 Å². The number of rotatable bonds is 13. The van der Waals surface area contributed by atoms with Crippen LogP contribution in [0.25, 0.3) is 0 Å². The molecule has 2 aromatic carbocycles. The Bertz CT molecular complexity index is 1210. The maximum atomic E-state index is 13.5. The zero-order valence-corrected chi connectivity index (χ0v) is 22.1. The van der Waals surface area contributed by atoms with Crippen molar-refractivity contribution in [2.24, 2.45) is 0 Å². The Morgan fingerprint density at radius 1 is 1.16 bits per heavy atom. The molecule has 2 amide bonds. The number of anilines is 1. The first kappa shape index (κ1) is 27.3. The van der Waals surface area contributed by atoms with Crippen LogP contribution in [0, 0.1) is 0 Å². The number of hydrogen-bond donors (Lipinski definition) is 3. The summed E-state index contributed by atoms with van der Waals surface area (Å²) in [6, 6.07) is 14.4. The summed E-state index contributed by atoms with van der Waals surface area (Å²) in [6.07, 6.45) is 4.69. The van der Waals surface area contributed by atoms with Gasteiger partial charge in [0.15, 0.2) is 0 Å². The highest BCUT2D eigenvalue weighted by atomic mass is 16.5. The zero-order chi connectivity index (χ0) is 26.9. The lowest BCUT2D eigenvalue weighted by atomic mass is 10.00. The van der Waals surface area contributed by atoms with E-state index < -0.39 is 12.1 Å². The van der Waals surface area contributed by atoms with Gasteiger partial charge >= 0.3 is 0 Å². The van der Waals surface area contributed by atoms with Gasteiger partial charge < -0.3 is 25.4 Å². The fourth-order valence-corrected chi connectivity index (χ4v) is 4.62. The molecule has 9 heteroatoms. The second-order valence-corrected chi connectivity index (χ2v) is 9.47. The number of hydrogen-bond acceptors (Lipinski definition) is 6. The molecule has 1 fully saturated rings. The van der Waals surface area contributed by atoms with Crippen molar-refractivity contribution in [2.45, 2.75) is 58.3 Å². The average Bonchev–Trinajstić information content (AvgIpc) is 3.57. The number of amides is 2. The van der Waals surface area contributed by atoms with E-state index in [2.05, 4.69) is 15.7 Å². The molecule has 3 N–H and O–H groups in total. The van der Waals surface area contributed by atoms with Crippen LogP contribution in [0.2, 0.25) is 0 Å². The number of aliphatic hydroxyl groups excluding tert-OH is 1. The molecule has 9 nitrogen and oxygen atoms in total. The van der Waals surface area contributed by atoms with Crippen LogP contribution >= 0.6 is 0 Å². The Kier molecular flexibility index (Phi) is 9.51. The molecule has 0 saturated carbocycles. The average molecular weight is 520 g/mol. The molecule has 1 saturated heterocycles. The predicted molar refractivity (Wildman–Crippen MR) is 146 cm³/mol. The third-order valence-electron chi connectivity index (χ3n) is 6.62. The number of carbonyl (C=O) groups excluding carboxylic acids is 2. The Morgan fingerprint density at radius 2 is 1.97 bits per heavy atom. The maximum Gasteiger partial charge on any atom is 0.251 e. The van der Waals surface area contributed by atoms with E-state index in [9.17, 15) is 14.7 Å². The smallest absolute Gasteiger partial charge is 0.251 e. The molecule has 202 valence electrons. The topological polar surface area (TPSA) is 109 Å². The summed E-state index contributed by atoms with van der Waals surface area (Å²) in [5.74, 6) is 0.242. The van der Waals surface area contributed by atoms with Gasteiger partial charge in [-0.25, -0.2) is 0 Å². The van der Waals surface area contributed by atoms with Crippen LogP contribution in [0.3, 0.4) is 0 Å². The number of carbonyl (C=O) groups is 2. The van der Waals surface area contributed by atoms with E-state index in [0.29, 0.717) is 56.1 Å². The van der Waals surface area contributed by atoms with Crippen LogP contribution in [-0.4, -0.2) is 58.5 Å². The van der Waals surface area contributed by atoms with Gasteiger partial charge in [-0.15, -0.1) is 0 Å². The van der Waals surface area contributed by atoms with Crippen molar-refractivity contribution in [1.82, 2.24) is 20.4 Å². The van der Waals surface area contributed by atoms with Gasteiger partial charge in [0.1, 0.15) is 5.75 Å². The quantitative estimate of drug-likeness (QED) is 0.321. The molecule has 1 aliphatic heterocycles. The van der Waals surface area contributed by atoms with Crippen LogP contribution < -0.4 is 20.3 Å². The summed E-state index contributed by atoms with van der Waals surface area (Å²) in [5.41, 5.74) is 3.07. The van der Waals surface area contributed by atoms with E-state index in [4.69, 9.17) is 4.74 Å². The zero-order valence-electron chi connectivity index (χ0n) is 22.1. The highest BCUT2D eigenvalue weighted by molar-refractivity contribution is 5.99. The SMILES string of the molecule is CCOc1cc(C(=O)N[C@@H](Cc2ccccc2)[C@H](O)CNCc2cnn(CC)c2)cc(N2CCCC2=O)c1. The molecule has 3 aromatic rings. The lowest BCUT2D eigenvalue weighted by molar-refractivity contribution is -0.117. The van der Waals surface area contributed by atoms with Crippen molar-refractivity contribution in [1.29, 1.82) is 0 Å². The van der Waals surface area contributed by atoms with Gasteiger partial charge in [0.25, 0.3) is 5.91 Å². The molecular weight excluding hydrogens is 482 g/mol. The monoisotopic (exact) mass is 519 g/mol. The first-order chi connectivity index (χ1) is 18.5. The summed E-state index contributed by atoms with van der Waals surface area (Å²) in [7, 11) is 0. The Balaban J connectivity index is 1.49. The van der Waals surface area contributed by atoms with E-state index in [-0.39, 0.29) is 11.8 Å². The van der Waals surface area contributed by atoms with E-state index in [1.165, 1.54) is 0 Å². The van der Waals surface area contributed by atoms with Crippen molar-refractivity contribution < 1.29 is 19.4 Å². The van der Waals surface area contributed by atoms with Gasteiger partial charge in [-0.3, -0.25) is 14.3 Å². The molecular formula is C29H37N5O4. The Morgan fingerprint density at radius 3 is 2.66 bits per heavy atom. The van der Waals surface area contributed by atoms with Crippen LogP contribution in [0.15, 0.2) is 60.9 Å². The highest BCUT2D eigenvalue weighted by Gasteiger charge is 2.26. The third-order valence-corrected chi connectivity index (χ3v) is 6.62. The van der Waals surface area contributed by atoms with Gasteiger partial charge in [0, 0.05) is 61.7 Å². The molecule has 2 heterocycles. The number of nitrogens with one attached hydrogen (secondary N) is 2. The molecule has 0 spiro atoms. The molecule has 0 bridgehead atoms. The second kappa shape index (κ2) is 13.2. The molecule has 0 unspecified atom stereocenters. The first-order valence-electron chi connectivity index (χ1n) is 13.3. The van der Waals surface area contributed by atoms with E-state index >= 15 is 0 Å². The first-order valence-corrected chi connectivity index (χ1v) is 13.3. The molecule has 38 heavy (non-hydrogen) atoms. The maximum absolute atomic E-state index is 13.5. The minimum Gasteiger partial charge on any atom is -0.494 e. The molecule has 1 aromatic heterocycles. The van der Waals surface area contributed by atoms with E-state index in [1.54, 1.807) is 29.3 Å². The van der Waals surface area contributed by atoms with E-state index in [0.717, 1.165) is 24.1 Å². The predicted octanol–water partition coefficient (Wildman–Crippen LogP) is 2.92. The number of benzene rings is 2. The Labute approximate surface area is 223 Å². The van der Waals surface area contributed by atoms with Gasteiger partial charge in [-0.1, -0.05) is 30.3 Å². The number of aromatic nitrogens is 2. The normalized spacial score (nSPS) is 14.9. The van der Waals surface area contributed by atoms with Gasteiger partial charge in [0.05, 0.1) is 24.9 Å². The number of nitrogens with zero attached hydrogens (tertiary/aromatic N) is 3. The lowest BCUT2D eigenvalue weighted by Crippen LogP contribution is -2.48. The number of aliphatic hydroxyl groups is 1. The van der Waals surface area contributed by atoms with E-state index in [1.807, 2.05) is 55.1 Å². The van der Waals surface area contributed by atoms with Crippen LogP contribution in [0.5, 0.6) is 5.75 Å².